The third-order valence-electron chi connectivity index (χ3n) is 3.08. The monoisotopic (exact) mass is 336 g/mol. The van der Waals surface area contributed by atoms with Gasteiger partial charge in [0, 0.05) is 4.47 Å². The Balaban J connectivity index is 2.40. The number of benzene rings is 2. The van der Waals surface area contributed by atoms with Gasteiger partial charge in [-0.05, 0) is 49.0 Å². The molecule has 0 aliphatic carbocycles. The van der Waals surface area contributed by atoms with E-state index in [1.54, 1.807) is 16.7 Å². The van der Waals surface area contributed by atoms with Crippen molar-refractivity contribution in [3.8, 4) is 5.69 Å². The molecular formula is C14H10BrFN2S. The zero-order valence-corrected chi connectivity index (χ0v) is 12.5. The molecule has 0 aliphatic rings. The van der Waals surface area contributed by atoms with Crippen LogP contribution in [0.25, 0.3) is 16.7 Å². The van der Waals surface area contributed by atoms with Crippen molar-refractivity contribution in [2.24, 2.45) is 0 Å². The first-order chi connectivity index (χ1) is 9.08. The topological polar surface area (TPSA) is 20.7 Å². The van der Waals surface area contributed by atoms with E-state index in [2.05, 4.69) is 20.9 Å². The second-order valence-corrected chi connectivity index (χ2v) is 5.63. The first-order valence-electron chi connectivity index (χ1n) is 5.73. The van der Waals surface area contributed by atoms with E-state index in [1.807, 2.05) is 25.1 Å². The maximum absolute atomic E-state index is 14.1. The fourth-order valence-electron chi connectivity index (χ4n) is 2.18. The molecule has 0 aliphatic heterocycles. The average molecular weight is 337 g/mol. The van der Waals surface area contributed by atoms with Gasteiger partial charge in [-0.15, -0.1) is 0 Å². The van der Waals surface area contributed by atoms with Gasteiger partial charge in [0.1, 0.15) is 5.82 Å². The molecule has 0 saturated heterocycles. The zero-order chi connectivity index (χ0) is 13.6. The van der Waals surface area contributed by atoms with E-state index < -0.39 is 0 Å². The number of halogens is 2. The summed E-state index contributed by atoms with van der Waals surface area (Å²) in [6.45, 7) is 2.00. The molecule has 2 aromatic carbocycles. The summed E-state index contributed by atoms with van der Waals surface area (Å²) in [7, 11) is 0. The van der Waals surface area contributed by atoms with Crippen LogP contribution in [0, 0.1) is 17.5 Å². The number of fused-ring (bicyclic) bond motifs is 1. The molecular weight excluding hydrogens is 327 g/mol. The summed E-state index contributed by atoms with van der Waals surface area (Å²) in [6.07, 6.45) is 0. The molecule has 2 nitrogen and oxygen atoms in total. The number of nitrogens with zero attached hydrogens (tertiary/aromatic N) is 1. The van der Waals surface area contributed by atoms with Crippen molar-refractivity contribution in [1.82, 2.24) is 9.55 Å². The van der Waals surface area contributed by atoms with Gasteiger partial charge in [-0.3, -0.25) is 4.57 Å². The molecule has 3 aromatic rings. The van der Waals surface area contributed by atoms with Crippen LogP contribution in [-0.4, -0.2) is 9.55 Å². The molecule has 19 heavy (non-hydrogen) atoms. The number of rotatable bonds is 1. The molecule has 0 bridgehead atoms. The van der Waals surface area contributed by atoms with Crippen LogP contribution in [0.5, 0.6) is 0 Å². The highest BCUT2D eigenvalue weighted by atomic mass is 79.9. The van der Waals surface area contributed by atoms with Gasteiger partial charge in [-0.2, -0.15) is 0 Å². The number of nitrogens with one attached hydrogen (secondary N) is 1. The summed E-state index contributed by atoms with van der Waals surface area (Å²) < 4.78 is 17.0. The van der Waals surface area contributed by atoms with Gasteiger partial charge >= 0.3 is 0 Å². The van der Waals surface area contributed by atoms with Crippen LogP contribution in [0.4, 0.5) is 4.39 Å². The Labute approximate surface area is 123 Å². The second-order valence-electron chi connectivity index (χ2n) is 4.33. The number of aromatic nitrogens is 2. The van der Waals surface area contributed by atoms with Gasteiger partial charge in [-0.25, -0.2) is 4.39 Å². The molecule has 3 rings (SSSR count). The third kappa shape index (κ3) is 2.03. The first-order valence-corrected chi connectivity index (χ1v) is 6.94. The Hall–Kier alpha value is -1.46. The molecule has 0 amide bonds. The Morgan fingerprint density at radius 2 is 2.05 bits per heavy atom. The van der Waals surface area contributed by atoms with E-state index >= 15 is 0 Å². The number of aromatic amines is 1. The van der Waals surface area contributed by atoms with Crippen molar-refractivity contribution >= 4 is 39.2 Å². The smallest absolute Gasteiger partial charge is 0.182 e. The van der Waals surface area contributed by atoms with E-state index in [9.17, 15) is 4.39 Å². The molecule has 0 unspecified atom stereocenters. The SMILES string of the molecule is Cc1cccc2c1[nH]c(=S)n2-c1ccc(Br)cc1F. The Kier molecular flexibility index (Phi) is 3.03. The Morgan fingerprint density at radius 3 is 2.79 bits per heavy atom. The van der Waals surface area contributed by atoms with Gasteiger partial charge in [-0.1, -0.05) is 28.1 Å². The molecule has 96 valence electrons. The highest BCUT2D eigenvalue weighted by molar-refractivity contribution is 9.10. The summed E-state index contributed by atoms with van der Waals surface area (Å²) in [5.74, 6) is -0.312. The fraction of sp³-hybridized carbons (Fsp3) is 0.0714. The van der Waals surface area contributed by atoms with Gasteiger partial charge in [0.25, 0.3) is 0 Å². The number of hydrogen-bond donors (Lipinski definition) is 1. The molecule has 1 N–H and O–H groups in total. The minimum absolute atomic E-state index is 0.312. The van der Waals surface area contributed by atoms with Crippen molar-refractivity contribution in [1.29, 1.82) is 0 Å². The minimum Gasteiger partial charge on any atom is -0.330 e. The average Bonchev–Trinajstić information content (AvgIpc) is 2.68. The standard InChI is InChI=1S/C14H10BrFN2S/c1-8-3-2-4-12-13(8)17-14(19)18(12)11-6-5-9(15)7-10(11)16/h2-7H,1H3,(H,17,19). The van der Waals surface area contributed by atoms with Crippen LogP contribution in [-0.2, 0) is 0 Å². The molecule has 0 fully saturated rings. The lowest BCUT2D eigenvalue weighted by Crippen LogP contribution is -1.97. The van der Waals surface area contributed by atoms with Crippen LogP contribution in [0.3, 0.4) is 0 Å². The van der Waals surface area contributed by atoms with Gasteiger partial charge < -0.3 is 4.98 Å². The van der Waals surface area contributed by atoms with Gasteiger partial charge in [0.05, 0.1) is 16.7 Å². The predicted octanol–water partition coefficient (Wildman–Crippen LogP) is 4.90. The summed E-state index contributed by atoms with van der Waals surface area (Å²) in [4.78, 5) is 3.14. The van der Waals surface area contributed by atoms with Crippen LogP contribution < -0.4 is 0 Å². The van der Waals surface area contributed by atoms with Crippen LogP contribution >= 0.6 is 28.1 Å². The lowest BCUT2D eigenvalue weighted by Gasteiger charge is -2.06. The maximum Gasteiger partial charge on any atom is 0.182 e. The first kappa shape index (κ1) is 12.6. The molecule has 0 radical (unpaired) electrons. The highest BCUT2D eigenvalue weighted by Crippen LogP contribution is 2.25. The Morgan fingerprint density at radius 1 is 1.26 bits per heavy atom. The largest absolute Gasteiger partial charge is 0.330 e. The predicted molar refractivity (Wildman–Crippen MR) is 80.9 cm³/mol. The third-order valence-corrected chi connectivity index (χ3v) is 3.86. The number of hydrogen-bond acceptors (Lipinski definition) is 1. The lowest BCUT2D eigenvalue weighted by molar-refractivity contribution is 0.618. The van der Waals surface area contributed by atoms with Gasteiger partial charge in [0.15, 0.2) is 4.77 Å². The molecule has 0 saturated carbocycles. The van der Waals surface area contributed by atoms with Gasteiger partial charge in [0.2, 0.25) is 0 Å². The highest BCUT2D eigenvalue weighted by Gasteiger charge is 2.11. The number of aryl methyl sites for hydroxylation is 1. The zero-order valence-electron chi connectivity index (χ0n) is 10.1. The maximum atomic E-state index is 14.1. The van der Waals surface area contributed by atoms with E-state index in [1.165, 1.54) is 6.07 Å². The van der Waals surface area contributed by atoms with E-state index in [4.69, 9.17) is 12.2 Å². The quantitative estimate of drug-likeness (QED) is 0.627. The number of para-hydroxylation sites is 1. The lowest BCUT2D eigenvalue weighted by atomic mass is 10.2. The second kappa shape index (κ2) is 4.58. The van der Waals surface area contributed by atoms with E-state index in [0.717, 1.165) is 16.6 Å². The van der Waals surface area contributed by atoms with Crippen molar-refractivity contribution in [2.75, 3.05) is 0 Å². The Bertz CT molecular complexity index is 835. The summed E-state index contributed by atoms with van der Waals surface area (Å²) in [5, 5.41) is 0. The van der Waals surface area contributed by atoms with Crippen molar-refractivity contribution < 1.29 is 4.39 Å². The summed E-state index contributed by atoms with van der Waals surface area (Å²) in [5.41, 5.74) is 3.35. The van der Waals surface area contributed by atoms with Crippen molar-refractivity contribution in [3.05, 3.63) is 57.0 Å². The molecule has 1 aromatic heterocycles. The fourth-order valence-corrected chi connectivity index (χ4v) is 2.81. The molecule has 0 atom stereocenters. The van der Waals surface area contributed by atoms with Crippen molar-refractivity contribution in [3.63, 3.8) is 0 Å². The molecule has 5 heteroatoms. The summed E-state index contributed by atoms with van der Waals surface area (Å²) >= 11 is 8.57. The molecule has 1 heterocycles. The van der Waals surface area contributed by atoms with E-state index in [0.29, 0.717) is 14.9 Å². The normalized spacial score (nSPS) is 11.1. The minimum atomic E-state index is -0.312. The van der Waals surface area contributed by atoms with Crippen LogP contribution in [0.15, 0.2) is 40.9 Å². The van der Waals surface area contributed by atoms with E-state index in [-0.39, 0.29) is 5.82 Å². The number of imidazole rings is 1. The van der Waals surface area contributed by atoms with Crippen LogP contribution in [0.2, 0.25) is 0 Å². The van der Waals surface area contributed by atoms with Crippen LogP contribution in [0.1, 0.15) is 5.56 Å². The summed E-state index contributed by atoms with van der Waals surface area (Å²) in [6, 6.07) is 10.8. The molecule has 0 spiro atoms. The van der Waals surface area contributed by atoms with Crippen molar-refractivity contribution in [2.45, 2.75) is 6.92 Å². The number of H-pyrrole nitrogens is 1.